The third-order valence-electron chi connectivity index (χ3n) is 2.95. The van der Waals surface area contributed by atoms with Crippen molar-refractivity contribution in [3.8, 4) is 11.5 Å². The largest absolute Gasteiger partial charge is 0.503 e. The van der Waals surface area contributed by atoms with E-state index in [-0.39, 0.29) is 18.1 Å². The van der Waals surface area contributed by atoms with Gasteiger partial charge in [-0.25, -0.2) is 5.43 Å². The van der Waals surface area contributed by atoms with Crippen molar-refractivity contribution >= 4 is 44.0 Å². The van der Waals surface area contributed by atoms with Gasteiger partial charge in [0.05, 0.1) is 24.2 Å². The molecule has 0 unspecified atom stereocenters. The monoisotopic (exact) mass is 440 g/mol. The lowest BCUT2D eigenvalue weighted by Gasteiger charge is -2.06. The normalized spacial score (nSPS) is 10.7. The zero-order chi connectivity index (χ0) is 16.8. The summed E-state index contributed by atoms with van der Waals surface area (Å²) in [4.78, 5) is 11.8. The van der Waals surface area contributed by atoms with Gasteiger partial charge in [0.2, 0.25) is 5.91 Å². The van der Waals surface area contributed by atoms with Gasteiger partial charge < -0.3 is 9.84 Å². The highest BCUT2D eigenvalue weighted by Gasteiger charge is 2.07. The molecule has 0 bridgehead atoms. The summed E-state index contributed by atoms with van der Waals surface area (Å²) in [6, 6.07) is 10.8. The molecule has 0 radical (unpaired) electrons. The first-order valence-corrected chi connectivity index (χ1v) is 8.21. The van der Waals surface area contributed by atoms with E-state index in [1.54, 1.807) is 12.1 Å². The highest BCUT2D eigenvalue weighted by atomic mass is 79.9. The average molecular weight is 442 g/mol. The number of benzene rings is 2. The number of nitrogens with one attached hydrogen (secondary N) is 1. The molecular formula is C16H14Br2N2O3. The van der Waals surface area contributed by atoms with Gasteiger partial charge in [-0.2, -0.15) is 5.10 Å². The minimum atomic E-state index is -0.214. The molecule has 23 heavy (non-hydrogen) atoms. The van der Waals surface area contributed by atoms with Crippen molar-refractivity contribution in [2.45, 2.75) is 6.42 Å². The number of phenols is 1. The van der Waals surface area contributed by atoms with E-state index in [1.165, 1.54) is 13.3 Å². The highest BCUT2D eigenvalue weighted by Crippen LogP contribution is 2.34. The van der Waals surface area contributed by atoms with Crippen LogP contribution in [0.4, 0.5) is 0 Å². The van der Waals surface area contributed by atoms with Crippen LogP contribution in [-0.2, 0) is 11.2 Å². The number of phenolic OH excluding ortho intramolecular Hbond substituents is 1. The van der Waals surface area contributed by atoms with Crippen molar-refractivity contribution in [2.24, 2.45) is 5.10 Å². The Hall–Kier alpha value is -1.86. The third kappa shape index (κ3) is 5.07. The second-order valence-electron chi connectivity index (χ2n) is 4.65. The van der Waals surface area contributed by atoms with Gasteiger partial charge >= 0.3 is 0 Å². The molecule has 0 saturated carbocycles. The average Bonchev–Trinajstić information content (AvgIpc) is 2.53. The summed E-state index contributed by atoms with van der Waals surface area (Å²) in [7, 11) is 1.46. The van der Waals surface area contributed by atoms with E-state index in [9.17, 15) is 9.90 Å². The Morgan fingerprint density at radius 2 is 2.00 bits per heavy atom. The van der Waals surface area contributed by atoms with Crippen LogP contribution < -0.4 is 10.2 Å². The number of hydrogen-bond donors (Lipinski definition) is 2. The Kier molecular flexibility index (Phi) is 6.18. The van der Waals surface area contributed by atoms with Gasteiger partial charge in [0.15, 0.2) is 11.5 Å². The molecule has 1 amide bonds. The Morgan fingerprint density at radius 1 is 1.30 bits per heavy atom. The van der Waals surface area contributed by atoms with E-state index in [1.807, 2.05) is 24.3 Å². The number of hydrogen-bond acceptors (Lipinski definition) is 4. The molecule has 0 aliphatic carbocycles. The summed E-state index contributed by atoms with van der Waals surface area (Å²) in [5.74, 6) is 0.124. The fraction of sp³-hybridized carbons (Fsp3) is 0.125. The van der Waals surface area contributed by atoms with Gasteiger partial charge in [-0.15, -0.1) is 0 Å². The molecule has 120 valence electrons. The Labute approximate surface area is 150 Å². The Morgan fingerprint density at radius 3 is 2.65 bits per heavy atom. The molecule has 2 aromatic carbocycles. The smallest absolute Gasteiger partial charge is 0.244 e. The van der Waals surface area contributed by atoms with Crippen molar-refractivity contribution in [1.82, 2.24) is 5.43 Å². The summed E-state index contributed by atoms with van der Waals surface area (Å²) in [6.07, 6.45) is 1.72. The van der Waals surface area contributed by atoms with Gasteiger partial charge in [0.1, 0.15) is 0 Å². The van der Waals surface area contributed by atoms with E-state index in [4.69, 9.17) is 4.74 Å². The molecule has 0 atom stereocenters. The van der Waals surface area contributed by atoms with Crippen LogP contribution in [0, 0.1) is 0 Å². The minimum Gasteiger partial charge on any atom is -0.503 e. The Bertz CT molecular complexity index is 731. The molecule has 5 nitrogen and oxygen atoms in total. The summed E-state index contributed by atoms with van der Waals surface area (Å²) in [5, 5.41) is 13.6. The second kappa shape index (κ2) is 8.12. The SMILES string of the molecule is COc1cc(/C=N/NC(=O)Cc2ccc(Br)cc2)cc(Br)c1O. The van der Waals surface area contributed by atoms with Gasteiger partial charge in [-0.1, -0.05) is 28.1 Å². The number of methoxy groups -OCH3 is 1. The number of amides is 1. The van der Waals surface area contributed by atoms with E-state index in [2.05, 4.69) is 42.4 Å². The number of hydrazone groups is 1. The number of carbonyl (C=O) groups is 1. The summed E-state index contributed by atoms with van der Waals surface area (Å²) >= 11 is 6.57. The fourth-order valence-electron chi connectivity index (χ4n) is 1.83. The predicted octanol–water partition coefficient (Wildman–Crippen LogP) is 3.62. The maximum absolute atomic E-state index is 11.8. The van der Waals surface area contributed by atoms with Gasteiger partial charge in [0.25, 0.3) is 0 Å². The molecule has 0 fully saturated rings. The third-order valence-corrected chi connectivity index (χ3v) is 4.08. The molecule has 2 N–H and O–H groups in total. The lowest BCUT2D eigenvalue weighted by Crippen LogP contribution is -2.19. The molecule has 0 saturated heterocycles. The lowest BCUT2D eigenvalue weighted by atomic mass is 10.1. The van der Waals surface area contributed by atoms with Crippen LogP contribution in [0.15, 0.2) is 50.4 Å². The van der Waals surface area contributed by atoms with Crippen molar-refractivity contribution in [3.63, 3.8) is 0 Å². The topological polar surface area (TPSA) is 70.9 Å². The van der Waals surface area contributed by atoms with Gasteiger partial charge in [-0.3, -0.25) is 4.79 Å². The number of ether oxygens (including phenoxy) is 1. The van der Waals surface area contributed by atoms with Crippen molar-refractivity contribution in [1.29, 1.82) is 0 Å². The zero-order valence-corrected chi connectivity index (χ0v) is 15.4. The summed E-state index contributed by atoms with van der Waals surface area (Å²) in [5.41, 5.74) is 4.04. The summed E-state index contributed by atoms with van der Waals surface area (Å²) in [6.45, 7) is 0. The van der Waals surface area contributed by atoms with Gasteiger partial charge in [0, 0.05) is 4.47 Å². The fourth-order valence-corrected chi connectivity index (χ4v) is 2.55. The highest BCUT2D eigenvalue weighted by molar-refractivity contribution is 9.10. The van der Waals surface area contributed by atoms with E-state index in [0.717, 1.165) is 10.0 Å². The molecule has 0 aliphatic rings. The quantitative estimate of drug-likeness (QED) is 0.549. The summed E-state index contributed by atoms with van der Waals surface area (Å²) < 4.78 is 6.50. The molecule has 0 aromatic heterocycles. The van der Waals surface area contributed by atoms with Gasteiger partial charge in [-0.05, 0) is 51.3 Å². The number of aromatic hydroxyl groups is 1. The zero-order valence-electron chi connectivity index (χ0n) is 12.2. The van der Waals surface area contributed by atoms with E-state index in [0.29, 0.717) is 15.8 Å². The number of rotatable bonds is 5. The first kappa shape index (κ1) is 17.5. The van der Waals surface area contributed by atoms with Crippen LogP contribution >= 0.6 is 31.9 Å². The molecule has 0 heterocycles. The molecule has 7 heteroatoms. The number of halogens is 2. The van der Waals surface area contributed by atoms with E-state index < -0.39 is 0 Å². The first-order chi connectivity index (χ1) is 11.0. The van der Waals surface area contributed by atoms with Crippen LogP contribution in [-0.4, -0.2) is 24.3 Å². The van der Waals surface area contributed by atoms with Crippen LogP contribution in [0.25, 0.3) is 0 Å². The van der Waals surface area contributed by atoms with Crippen LogP contribution in [0.1, 0.15) is 11.1 Å². The maximum Gasteiger partial charge on any atom is 0.244 e. The van der Waals surface area contributed by atoms with Crippen LogP contribution in [0.5, 0.6) is 11.5 Å². The van der Waals surface area contributed by atoms with Crippen molar-refractivity contribution in [2.75, 3.05) is 7.11 Å². The molecule has 2 aromatic rings. The van der Waals surface area contributed by atoms with Crippen LogP contribution in [0.3, 0.4) is 0 Å². The van der Waals surface area contributed by atoms with Crippen LogP contribution in [0.2, 0.25) is 0 Å². The second-order valence-corrected chi connectivity index (χ2v) is 6.42. The van der Waals surface area contributed by atoms with Crippen molar-refractivity contribution < 1.29 is 14.6 Å². The molecule has 0 aliphatic heterocycles. The number of nitrogens with zero attached hydrogens (tertiary/aromatic N) is 1. The maximum atomic E-state index is 11.8. The molecule has 2 rings (SSSR count). The molecular weight excluding hydrogens is 428 g/mol. The first-order valence-electron chi connectivity index (χ1n) is 6.62. The number of carbonyl (C=O) groups excluding carboxylic acids is 1. The predicted molar refractivity (Wildman–Crippen MR) is 95.9 cm³/mol. The standard InChI is InChI=1S/C16H14Br2N2O3/c1-23-14-7-11(6-13(18)16(14)22)9-19-20-15(21)8-10-2-4-12(17)5-3-10/h2-7,9,22H,8H2,1H3,(H,20,21)/b19-9+. The van der Waals surface area contributed by atoms with E-state index >= 15 is 0 Å². The Balaban J connectivity index is 1.97. The lowest BCUT2D eigenvalue weighted by molar-refractivity contribution is -0.120. The molecule has 0 spiro atoms. The van der Waals surface area contributed by atoms with Crippen molar-refractivity contribution in [3.05, 3.63) is 56.5 Å². The minimum absolute atomic E-state index is 0.0175.